The Morgan fingerprint density at radius 3 is 1.40 bits per heavy atom. The number of hydrogen-bond acceptors (Lipinski definition) is 6. The maximum Gasteiger partial charge on any atom is 0.203 e. The van der Waals surface area contributed by atoms with Gasteiger partial charge in [-0.25, -0.2) is 0 Å². The van der Waals surface area contributed by atoms with Crippen LogP contribution in [-0.2, 0) is 0 Å². The lowest BCUT2D eigenvalue weighted by Crippen LogP contribution is -2.12. The lowest BCUT2D eigenvalue weighted by Gasteiger charge is -2.19. The normalized spacial score (nSPS) is 12.1. The monoisotopic (exact) mass is 588 g/mol. The summed E-state index contributed by atoms with van der Waals surface area (Å²) >= 11 is 0. The standard InChI is InChI=1S/C37H48O6/c1-9-11-12-27(10-2)25-42-36-32(38-5)21-30(22-33(36)39-6)19-17-28-13-15-29(16-14-28)18-20-31-23-34(40-7)37(43-26(3)4)35(24-31)41-8/h13-24,26-27H,9-12,25H2,1-8H3. The number of rotatable bonds is 17. The second-order valence-electron chi connectivity index (χ2n) is 10.7. The molecule has 232 valence electrons. The quantitative estimate of drug-likeness (QED) is 0.146. The first kappa shape index (κ1) is 33.4. The molecule has 0 aliphatic heterocycles. The minimum atomic E-state index is 0.00738. The summed E-state index contributed by atoms with van der Waals surface area (Å²) in [7, 11) is 6.59. The van der Waals surface area contributed by atoms with Crippen LogP contribution in [0.4, 0.5) is 0 Å². The molecule has 3 aromatic rings. The Morgan fingerprint density at radius 2 is 1.02 bits per heavy atom. The Morgan fingerprint density at radius 1 is 0.605 bits per heavy atom. The van der Waals surface area contributed by atoms with Crippen LogP contribution in [0.2, 0.25) is 0 Å². The SMILES string of the molecule is CCCCC(CC)COc1c(OC)cc(C=Cc2ccc(C=Cc3cc(OC)c(OC(C)C)c(OC)c3)cc2)cc1OC. The van der Waals surface area contributed by atoms with Crippen molar-refractivity contribution in [2.75, 3.05) is 35.0 Å². The second kappa shape index (κ2) is 17.2. The Kier molecular flexibility index (Phi) is 13.3. The molecule has 0 spiro atoms. The van der Waals surface area contributed by atoms with Gasteiger partial charge < -0.3 is 28.4 Å². The highest BCUT2D eigenvalue weighted by Gasteiger charge is 2.17. The van der Waals surface area contributed by atoms with Crippen molar-refractivity contribution in [3.8, 4) is 34.5 Å². The van der Waals surface area contributed by atoms with E-state index in [2.05, 4.69) is 56.3 Å². The molecule has 0 aliphatic rings. The molecule has 0 aliphatic carbocycles. The number of hydrogen-bond donors (Lipinski definition) is 0. The molecule has 0 radical (unpaired) electrons. The zero-order valence-corrected chi connectivity index (χ0v) is 27.1. The van der Waals surface area contributed by atoms with E-state index in [0.717, 1.165) is 35.1 Å². The Labute approximate surface area is 258 Å². The molecular weight excluding hydrogens is 540 g/mol. The molecule has 6 heteroatoms. The molecule has 0 saturated heterocycles. The van der Waals surface area contributed by atoms with Crippen molar-refractivity contribution < 1.29 is 28.4 Å². The summed E-state index contributed by atoms with van der Waals surface area (Å²) in [6, 6.07) is 16.2. The van der Waals surface area contributed by atoms with Gasteiger partial charge in [-0.2, -0.15) is 0 Å². The lowest BCUT2D eigenvalue weighted by molar-refractivity contribution is 0.215. The molecule has 0 fully saturated rings. The molecule has 0 saturated carbocycles. The Hall–Kier alpha value is -4.06. The van der Waals surface area contributed by atoms with Crippen LogP contribution < -0.4 is 28.4 Å². The summed E-state index contributed by atoms with van der Waals surface area (Å²) in [6.45, 7) is 9.03. The van der Waals surface area contributed by atoms with Gasteiger partial charge in [0.2, 0.25) is 11.5 Å². The maximum atomic E-state index is 6.23. The van der Waals surface area contributed by atoms with Gasteiger partial charge in [-0.3, -0.25) is 0 Å². The van der Waals surface area contributed by atoms with E-state index in [1.807, 2.05) is 44.2 Å². The number of ether oxygens (including phenoxy) is 6. The van der Waals surface area contributed by atoms with Gasteiger partial charge >= 0.3 is 0 Å². The molecule has 6 nitrogen and oxygen atoms in total. The van der Waals surface area contributed by atoms with Gasteiger partial charge in [0.05, 0.1) is 41.2 Å². The fraction of sp³-hybridized carbons (Fsp3) is 0.405. The highest BCUT2D eigenvalue weighted by molar-refractivity contribution is 5.75. The van der Waals surface area contributed by atoms with Gasteiger partial charge in [-0.15, -0.1) is 0 Å². The van der Waals surface area contributed by atoms with Crippen molar-refractivity contribution >= 4 is 24.3 Å². The van der Waals surface area contributed by atoms with E-state index in [0.29, 0.717) is 47.0 Å². The molecule has 3 rings (SSSR count). The van der Waals surface area contributed by atoms with Crippen molar-refractivity contribution in [3.63, 3.8) is 0 Å². The second-order valence-corrected chi connectivity index (χ2v) is 10.7. The van der Waals surface area contributed by atoms with E-state index in [9.17, 15) is 0 Å². The van der Waals surface area contributed by atoms with E-state index in [4.69, 9.17) is 28.4 Å². The van der Waals surface area contributed by atoms with Gasteiger partial charge in [0.15, 0.2) is 23.0 Å². The van der Waals surface area contributed by atoms with Crippen LogP contribution in [0.25, 0.3) is 24.3 Å². The average molecular weight is 589 g/mol. The third-order valence-corrected chi connectivity index (χ3v) is 7.20. The van der Waals surface area contributed by atoms with Gasteiger partial charge in [0.25, 0.3) is 0 Å². The maximum absolute atomic E-state index is 6.23. The van der Waals surface area contributed by atoms with Crippen LogP contribution in [0, 0.1) is 5.92 Å². The van der Waals surface area contributed by atoms with E-state index >= 15 is 0 Å². The lowest BCUT2D eigenvalue weighted by atomic mass is 10.0. The first-order valence-corrected chi connectivity index (χ1v) is 15.1. The van der Waals surface area contributed by atoms with Crippen LogP contribution in [0.3, 0.4) is 0 Å². The molecule has 0 N–H and O–H groups in total. The third-order valence-electron chi connectivity index (χ3n) is 7.20. The molecule has 0 amide bonds. The zero-order valence-electron chi connectivity index (χ0n) is 27.1. The van der Waals surface area contributed by atoms with Gasteiger partial charge in [-0.05, 0) is 72.7 Å². The highest BCUT2D eigenvalue weighted by Crippen LogP contribution is 2.41. The minimum absolute atomic E-state index is 0.00738. The molecule has 0 heterocycles. The molecule has 3 aromatic carbocycles. The number of benzene rings is 3. The predicted octanol–water partition coefficient (Wildman–Crippen LogP) is 9.44. The summed E-state index contributed by atoms with van der Waals surface area (Å²) in [5, 5.41) is 0. The van der Waals surface area contributed by atoms with E-state index < -0.39 is 0 Å². The van der Waals surface area contributed by atoms with E-state index in [1.165, 1.54) is 12.8 Å². The highest BCUT2D eigenvalue weighted by atomic mass is 16.5. The molecule has 43 heavy (non-hydrogen) atoms. The summed E-state index contributed by atoms with van der Waals surface area (Å²) < 4.78 is 34.7. The van der Waals surface area contributed by atoms with Gasteiger partial charge in [0, 0.05) is 0 Å². The summed E-state index contributed by atoms with van der Waals surface area (Å²) in [5.74, 6) is 4.39. The third kappa shape index (κ3) is 9.74. The van der Waals surface area contributed by atoms with Crippen LogP contribution in [0.5, 0.6) is 34.5 Å². The van der Waals surface area contributed by atoms with Crippen LogP contribution in [0.15, 0.2) is 48.5 Å². The van der Waals surface area contributed by atoms with E-state index in [1.54, 1.807) is 28.4 Å². The minimum Gasteiger partial charge on any atom is -0.493 e. The van der Waals surface area contributed by atoms with Crippen LogP contribution in [-0.4, -0.2) is 41.2 Å². The average Bonchev–Trinajstić information content (AvgIpc) is 3.03. The van der Waals surface area contributed by atoms with Crippen molar-refractivity contribution in [3.05, 3.63) is 70.8 Å². The molecule has 1 unspecified atom stereocenters. The molecule has 1 atom stereocenters. The Balaban J connectivity index is 1.73. The smallest absolute Gasteiger partial charge is 0.203 e. The van der Waals surface area contributed by atoms with Crippen LogP contribution in [0.1, 0.15) is 75.6 Å². The molecule has 0 bridgehead atoms. The predicted molar refractivity (Wildman–Crippen MR) is 178 cm³/mol. The number of methoxy groups -OCH3 is 4. The topological polar surface area (TPSA) is 55.4 Å². The molecular formula is C37H48O6. The van der Waals surface area contributed by atoms with Crippen LogP contribution >= 0.6 is 0 Å². The Bertz CT molecular complexity index is 1290. The summed E-state index contributed by atoms with van der Waals surface area (Å²) in [4.78, 5) is 0. The fourth-order valence-corrected chi connectivity index (χ4v) is 4.69. The summed E-state index contributed by atoms with van der Waals surface area (Å²) in [5.41, 5.74) is 4.08. The fourth-order valence-electron chi connectivity index (χ4n) is 4.69. The largest absolute Gasteiger partial charge is 0.493 e. The van der Waals surface area contributed by atoms with Crippen molar-refractivity contribution in [1.82, 2.24) is 0 Å². The summed E-state index contributed by atoms with van der Waals surface area (Å²) in [6.07, 6.45) is 12.9. The van der Waals surface area contributed by atoms with E-state index in [-0.39, 0.29) is 6.10 Å². The molecule has 0 aromatic heterocycles. The zero-order chi connectivity index (χ0) is 31.2. The van der Waals surface area contributed by atoms with Crippen molar-refractivity contribution in [2.45, 2.75) is 59.5 Å². The first-order valence-electron chi connectivity index (χ1n) is 15.1. The van der Waals surface area contributed by atoms with Gasteiger partial charge in [-0.1, -0.05) is 81.7 Å². The van der Waals surface area contributed by atoms with Crippen molar-refractivity contribution in [2.24, 2.45) is 5.92 Å². The first-order chi connectivity index (χ1) is 20.8. The number of unbranched alkanes of at least 4 members (excludes halogenated alkanes) is 1. The van der Waals surface area contributed by atoms with Crippen molar-refractivity contribution in [1.29, 1.82) is 0 Å². The van der Waals surface area contributed by atoms with Gasteiger partial charge in [0.1, 0.15) is 0 Å².